The van der Waals surface area contributed by atoms with Gasteiger partial charge < -0.3 is 5.32 Å². The molecule has 1 N–H and O–H groups in total. The molecule has 2 aliphatic carbocycles. The number of benzene rings is 1. The minimum Gasteiger partial charge on any atom is -0.356 e. The lowest BCUT2D eigenvalue weighted by Gasteiger charge is -2.18. The number of carbonyl (C=O) groups is 1. The lowest BCUT2D eigenvalue weighted by Crippen LogP contribution is -2.33. The van der Waals surface area contributed by atoms with E-state index < -0.39 is 0 Å². The maximum absolute atomic E-state index is 12.3. The molecule has 6 nitrogen and oxygen atoms in total. The number of hydrogen-bond acceptors (Lipinski definition) is 4. The number of aryl methyl sites for hydroxylation is 1. The van der Waals surface area contributed by atoms with Crippen LogP contribution in [0.2, 0.25) is 0 Å². The summed E-state index contributed by atoms with van der Waals surface area (Å²) in [6, 6.07) is 7.10. The number of nitrogens with one attached hydrogen (secondary N) is 1. The first kappa shape index (κ1) is 15.1. The van der Waals surface area contributed by atoms with Crippen molar-refractivity contribution in [3.8, 4) is 0 Å². The molecule has 1 aromatic carbocycles. The molecule has 3 atom stereocenters. The van der Waals surface area contributed by atoms with Crippen LogP contribution in [0, 0.1) is 17.8 Å². The fourth-order valence-electron chi connectivity index (χ4n) is 3.84. The van der Waals surface area contributed by atoms with Crippen molar-refractivity contribution in [3.05, 3.63) is 46.8 Å². The summed E-state index contributed by atoms with van der Waals surface area (Å²) in [6.07, 6.45) is 7.24. The van der Waals surface area contributed by atoms with E-state index in [-0.39, 0.29) is 24.4 Å². The smallest absolute Gasteiger partial charge is 0.277 e. The molecule has 1 fully saturated rings. The van der Waals surface area contributed by atoms with Gasteiger partial charge in [-0.2, -0.15) is 0 Å². The van der Waals surface area contributed by atoms with Gasteiger partial charge in [0, 0.05) is 13.0 Å². The average Bonchev–Trinajstić information content (AvgIpc) is 3.22. The molecule has 0 unspecified atom stereocenters. The number of fused-ring (bicyclic) bond motifs is 3. The summed E-state index contributed by atoms with van der Waals surface area (Å²) in [6.45, 7) is 0.974. The number of nitrogens with zero attached hydrogens (tertiary/aromatic N) is 3. The number of amides is 1. The quantitative estimate of drug-likeness (QED) is 0.846. The van der Waals surface area contributed by atoms with Gasteiger partial charge >= 0.3 is 0 Å². The van der Waals surface area contributed by atoms with E-state index in [9.17, 15) is 9.59 Å². The molecule has 2 aromatic rings. The molecule has 4 rings (SSSR count). The minimum absolute atomic E-state index is 0.0383. The Morgan fingerprint density at radius 1 is 1.25 bits per heavy atom. The van der Waals surface area contributed by atoms with Crippen molar-refractivity contribution in [2.45, 2.75) is 25.8 Å². The standard InChI is InChI=1S/C18H20N4O2/c23-17(19-11-14-10-12-5-6-13(14)9-12)7-8-22-18(24)15-3-1-2-4-16(15)20-21-22/h1-6,12-14H,7-11H2,(H,19,23)/t12-,13-,14+/m0/s1. The van der Waals surface area contributed by atoms with Crippen LogP contribution in [0.3, 0.4) is 0 Å². The SMILES string of the molecule is O=C(CCn1nnc2ccccc2c1=O)NC[C@H]1C[C@H]2C=C[C@H]1C2. The number of allylic oxidation sites excluding steroid dienone is 2. The second-order valence-electron chi connectivity index (χ2n) is 6.73. The van der Waals surface area contributed by atoms with Crippen LogP contribution in [0.4, 0.5) is 0 Å². The van der Waals surface area contributed by atoms with Crippen molar-refractivity contribution in [1.82, 2.24) is 20.3 Å². The van der Waals surface area contributed by atoms with Gasteiger partial charge in [0.05, 0.1) is 11.9 Å². The average molecular weight is 324 g/mol. The van der Waals surface area contributed by atoms with Crippen LogP contribution in [0.5, 0.6) is 0 Å². The van der Waals surface area contributed by atoms with Crippen molar-refractivity contribution in [2.24, 2.45) is 17.8 Å². The molecule has 0 aliphatic heterocycles. The van der Waals surface area contributed by atoms with Crippen LogP contribution in [0.25, 0.3) is 10.9 Å². The van der Waals surface area contributed by atoms with Gasteiger partial charge in [-0.1, -0.05) is 29.5 Å². The summed E-state index contributed by atoms with van der Waals surface area (Å²) >= 11 is 0. The lowest BCUT2D eigenvalue weighted by atomic mass is 9.93. The number of carbonyl (C=O) groups excluding carboxylic acids is 1. The van der Waals surface area contributed by atoms with Crippen molar-refractivity contribution >= 4 is 16.8 Å². The first-order valence-corrected chi connectivity index (χ1v) is 8.48. The van der Waals surface area contributed by atoms with Crippen LogP contribution >= 0.6 is 0 Å². The van der Waals surface area contributed by atoms with Gasteiger partial charge in [0.15, 0.2) is 0 Å². The molecule has 124 valence electrons. The highest BCUT2D eigenvalue weighted by Gasteiger charge is 2.35. The highest BCUT2D eigenvalue weighted by atomic mass is 16.2. The second-order valence-corrected chi connectivity index (χ2v) is 6.73. The van der Waals surface area contributed by atoms with E-state index in [0.29, 0.717) is 28.7 Å². The third-order valence-electron chi connectivity index (χ3n) is 5.16. The molecule has 2 bridgehead atoms. The molecule has 0 saturated heterocycles. The number of hydrogen-bond donors (Lipinski definition) is 1. The number of aromatic nitrogens is 3. The van der Waals surface area contributed by atoms with Gasteiger partial charge in [0.1, 0.15) is 5.52 Å². The van der Waals surface area contributed by atoms with E-state index >= 15 is 0 Å². The van der Waals surface area contributed by atoms with E-state index in [1.165, 1.54) is 17.5 Å². The topological polar surface area (TPSA) is 76.9 Å². The first-order chi connectivity index (χ1) is 11.7. The van der Waals surface area contributed by atoms with Crippen LogP contribution in [-0.4, -0.2) is 27.4 Å². The minimum atomic E-state index is -0.202. The van der Waals surface area contributed by atoms with Gasteiger partial charge in [-0.05, 0) is 42.7 Å². The van der Waals surface area contributed by atoms with Crippen molar-refractivity contribution < 1.29 is 4.79 Å². The summed E-state index contributed by atoms with van der Waals surface area (Å²) < 4.78 is 1.27. The maximum Gasteiger partial charge on any atom is 0.277 e. The molecular weight excluding hydrogens is 304 g/mol. The van der Waals surface area contributed by atoms with Gasteiger partial charge in [-0.25, -0.2) is 4.68 Å². The second kappa shape index (κ2) is 6.19. The zero-order valence-corrected chi connectivity index (χ0v) is 13.4. The Kier molecular flexibility index (Phi) is 3.88. The highest BCUT2D eigenvalue weighted by molar-refractivity contribution is 5.77. The van der Waals surface area contributed by atoms with Crippen LogP contribution in [0.15, 0.2) is 41.2 Å². The Labute approximate surface area is 139 Å². The summed E-state index contributed by atoms with van der Waals surface area (Å²) in [5.74, 6) is 1.86. The van der Waals surface area contributed by atoms with E-state index in [0.717, 1.165) is 6.54 Å². The van der Waals surface area contributed by atoms with Crippen LogP contribution in [-0.2, 0) is 11.3 Å². The van der Waals surface area contributed by atoms with Gasteiger partial charge in [0.25, 0.3) is 5.56 Å². The van der Waals surface area contributed by atoms with E-state index in [1.54, 1.807) is 18.2 Å². The first-order valence-electron chi connectivity index (χ1n) is 8.48. The van der Waals surface area contributed by atoms with Gasteiger partial charge in [-0.3, -0.25) is 9.59 Å². The Morgan fingerprint density at radius 2 is 2.12 bits per heavy atom. The molecule has 0 radical (unpaired) electrons. The summed E-state index contributed by atoms with van der Waals surface area (Å²) in [4.78, 5) is 24.4. The van der Waals surface area contributed by atoms with E-state index in [4.69, 9.17) is 0 Å². The third-order valence-corrected chi connectivity index (χ3v) is 5.16. The molecule has 2 aliphatic rings. The van der Waals surface area contributed by atoms with Crippen molar-refractivity contribution in [1.29, 1.82) is 0 Å². The third kappa shape index (κ3) is 2.84. The van der Waals surface area contributed by atoms with Gasteiger partial charge in [0.2, 0.25) is 5.91 Å². The predicted octanol–water partition coefficient (Wildman–Crippen LogP) is 1.51. The molecule has 6 heteroatoms. The highest BCUT2D eigenvalue weighted by Crippen LogP contribution is 2.42. The molecular formula is C18H20N4O2. The fraction of sp³-hybridized carbons (Fsp3) is 0.444. The fourth-order valence-corrected chi connectivity index (χ4v) is 3.84. The Balaban J connectivity index is 1.33. The van der Waals surface area contributed by atoms with Crippen LogP contribution in [0.1, 0.15) is 19.3 Å². The summed E-state index contributed by atoms with van der Waals surface area (Å²) in [5, 5.41) is 11.5. The zero-order valence-electron chi connectivity index (χ0n) is 13.4. The van der Waals surface area contributed by atoms with Gasteiger partial charge in [-0.15, -0.1) is 5.10 Å². The Hall–Kier alpha value is -2.50. The lowest BCUT2D eigenvalue weighted by molar-refractivity contribution is -0.121. The Bertz CT molecular complexity index is 857. The number of rotatable bonds is 5. The molecule has 0 spiro atoms. The summed E-state index contributed by atoms with van der Waals surface area (Å²) in [7, 11) is 0. The van der Waals surface area contributed by atoms with E-state index in [1.807, 2.05) is 6.07 Å². The Morgan fingerprint density at radius 3 is 2.92 bits per heavy atom. The van der Waals surface area contributed by atoms with Crippen molar-refractivity contribution in [3.63, 3.8) is 0 Å². The monoisotopic (exact) mass is 324 g/mol. The molecule has 1 amide bonds. The summed E-state index contributed by atoms with van der Waals surface area (Å²) in [5.41, 5.74) is 0.374. The largest absolute Gasteiger partial charge is 0.356 e. The molecule has 1 saturated carbocycles. The maximum atomic E-state index is 12.3. The molecule has 1 aromatic heterocycles. The van der Waals surface area contributed by atoms with Crippen molar-refractivity contribution in [2.75, 3.05) is 6.54 Å². The predicted molar refractivity (Wildman–Crippen MR) is 90.3 cm³/mol. The van der Waals surface area contributed by atoms with E-state index in [2.05, 4.69) is 27.8 Å². The van der Waals surface area contributed by atoms with Crippen LogP contribution < -0.4 is 10.9 Å². The zero-order chi connectivity index (χ0) is 16.5. The molecule has 1 heterocycles. The molecule has 24 heavy (non-hydrogen) atoms. The normalized spacial score (nSPS) is 24.6.